The number of unbranched alkanes of at least 4 members (excludes halogenated alkanes) is 3. The van der Waals surface area contributed by atoms with Gasteiger partial charge in [-0.1, -0.05) is 0 Å². The maximum atomic E-state index is 12.7. The Hall–Kier alpha value is -1.41. The zero-order valence-electron chi connectivity index (χ0n) is 17.6. The molecule has 5 heteroatoms. The first-order chi connectivity index (χ1) is 12.9. The van der Waals surface area contributed by atoms with Crippen molar-refractivity contribution in [3.63, 3.8) is 0 Å². The van der Waals surface area contributed by atoms with Crippen molar-refractivity contribution in [1.82, 2.24) is 0 Å². The van der Waals surface area contributed by atoms with Crippen LogP contribution in [0.4, 0.5) is 5.69 Å². The summed E-state index contributed by atoms with van der Waals surface area (Å²) in [6.07, 6.45) is 11.6. The minimum atomic E-state index is -1.64. The third-order valence-electron chi connectivity index (χ3n) is 5.11. The topological polar surface area (TPSA) is 55.4 Å². The molecule has 0 aliphatic carbocycles. The first kappa shape index (κ1) is 23.6. The minimum absolute atomic E-state index is 0.0859. The van der Waals surface area contributed by atoms with Crippen molar-refractivity contribution < 1.29 is 14.3 Å². The quantitative estimate of drug-likeness (QED) is 0.265. The molecule has 1 aromatic rings. The summed E-state index contributed by atoms with van der Waals surface area (Å²) in [5.41, 5.74) is 0.708. The standard InChI is InChI=1S/C22H38NO3P/c1-5-8-15-27(16-9-6-2,17-10-7-3)18-22(25)26-21-13-11-20(12-14-21)23-19(4)24/h11-14,27H,5-10,15-18H2,1-4H3,(H,23,24). The second-order valence-corrected chi connectivity index (χ2v) is 12.5. The molecule has 1 rings (SSSR count). The van der Waals surface area contributed by atoms with Crippen LogP contribution >= 0.6 is 7.26 Å². The van der Waals surface area contributed by atoms with E-state index in [0.29, 0.717) is 17.6 Å². The summed E-state index contributed by atoms with van der Waals surface area (Å²) in [7, 11) is -1.64. The normalized spacial score (nSPS) is 11.9. The van der Waals surface area contributed by atoms with Gasteiger partial charge in [0.2, 0.25) is 0 Å². The van der Waals surface area contributed by atoms with Crippen LogP contribution in [0, 0.1) is 0 Å². The number of benzene rings is 1. The molecule has 1 amide bonds. The van der Waals surface area contributed by atoms with Crippen LogP contribution < -0.4 is 10.1 Å². The molecule has 27 heavy (non-hydrogen) atoms. The van der Waals surface area contributed by atoms with Gasteiger partial charge in [0.1, 0.15) is 0 Å². The van der Waals surface area contributed by atoms with E-state index in [4.69, 9.17) is 4.74 Å². The Bertz CT molecular complexity index is 550. The number of carbonyl (C=O) groups excluding carboxylic acids is 2. The molecule has 0 radical (unpaired) electrons. The summed E-state index contributed by atoms with van der Waals surface area (Å²) in [6, 6.07) is 7.02. The number of nitrogens with one attached hydrogen (secondary N) is 1. The molecule has 4 nitrogen and oxygen atoms in total. The second kappa shape index (κ2) is 12.9. The number of anilines is 1. The van der Waals surface area contributed by atoms with Crippen LogP contribution in [0.1, 0.15) is 66.2 Å². The van der Waals surface area contributed by atoms with Gasteiger partial charge in [-0.2, -0.15) is 0 Å². The third kappa shape index (κ3) is 9.37. The van der Waals surface area contributed by atoms with Crippen molar-refractivity contribution in [1.29, 1.82) is 0 Å². The molecule has 0 unspecified atom stereocenters. The number of hydrogen-bond donors (Lipinski definition) is 1. The number of ether oxygens (including phenoxy) is 1. The SMILES string of the molecule is CCCC[PH](CCCC)(CCCC)CC(=O)Oc1ccc(NC(C)=O)cc1. The fraction of sp³-hybridized carbons (Fsp3) is 0.636. The molecule has 0 heterocycles. The van der Waals surface area contributed by atoms with Gasteiger partial charge in [0.15, 0.2) is 0 Å². The summed E-state index contributed by atoms with van der Waals surface area (Å²) in [6.45, 7) is 8.16. The number of hydrogen-bond acceptors (Lipinski definition) is 3. The Morgan fingerprint density at radius 1 is 0.889 bits per heavy atom. The molecule has 154 valence electrons. The van der Waals surface area contributed by atoms with Gasteiger partial charge in [-0.15, -0.1) is 0 Å². The average molecular weight is 396 g/mol. The van der Waals surface area contributed by atoms with Gasteiger partial charge in [-0.25, -0.2) is 0 Å². The number of esters is 1. The predicted molar refractivity (Wildman–Crippen MR) is 119 cm³/mol. The second-order valence-electron chi connectivity index (χ2n) is 7.67. The zero-order chi connectivity index (χ0) is 20.1. The molecule has 0 saturated carbocycles. The summed E-state index contributed by atoms with van der Waals surface area (Å²) in [4.78, 5) is 23.8. The Labute approximate surface area is 165 Å². The van der Waals surface area contributed by atoms with Crippen LogP contribution in [-0.4, -0.2) is 36.5 Å². The number of amides is 1. The zero-order valence-corrected chi connectivity index (χ0v) is 18.6. The molecule has 0 saturated heterocycles. The molecular weight excluding hydrogens is 357 g/mol. The van der Waals surface area contributed by atoms with Gasteiger partial charge in [0.05, 0.1) is 0 Å². The van der Waals surface area contributed by atoms with Gasteiger partial charge in [-0.05, 0) is 0 Å². The fourth-order valence-corrected chi connectivity index (χ4v) is 8.85. The third-order valence-corrected chi connectivity index (χ3v) is 10.4. The van der Waals surface area contributed by atoms with Crippen molar-refractivity contribution in [2.45, 2.75) is 66.2 Å². The summed E-state index contributed by atoms with van der Waals surface area (Å²) in [5, 5.41) is 2.72. The summed E-state index contributed by atoms with van der Waals surface area (Å²) in [5.74, 6) is 0.356. The van der Waals surface area contributed by atoms with Crippen LogP contribution in [0.2, 0.25) is 0 Å². The van der Waals surface area contributed by atoms with E-state index in [-0.39, 0.29) is 11.9 Å². The summed E-state index contributed by atoms with van der Waals surface area (Å²) < 4.78 is 5.65. The van der Waals surface area contributed by atoms with E-state index in [9.17, 15) is 9.59 Å². The predicted octanol–water partition coefficient (Wildman–Crippen LogP) is 5.70. The molecule has 0 fully saturated rings. The van der Waals surface area contributed by atoms with Crippen molar-refractivity contribution in [2.75, 3.05) is 30.0 Å². The van der Waals surface area contributed by atoms with Crippen molar-refractivity contribution in [3.05, 3.63) is 24.3 Å². The van der Waals surface area contributed by atoms with Crippen molar-refractivity contribution in [2.24, 2.45) is 0 Å². The van der Waals surface area contributed by atoms with E-state index in [1.54, 1.807) is 24.3 Å². The number of rotatable bonds is 13. The first-order valence-corrected chi connectivity index (χ1v) is 13.4. The molecular formula is C22H38NO3P. The molecule has 1 aromatic carbocycles. The molecule has 1 N–H and O–H groups in total. The van der Waals surface area contributed by atoms with Crippen LogP contribution in [0.5, 0.6) is 5.75 Å². The van der Waals surface area contributed by atoms with Gasteiger partial charge >= 0.3 is 165 Å². The van der Waals surface area contributed by atoms with E-state index in [2.05, 4.69) is 26.1 Å². The van der Waals surface area contributed by atoms with Crippen LogP contribution in [0.3, 0.4) is 0 Å². The Kier molecular flexibility index (Phi) is 11.3. The van der Waals surface area contributed by atoms with Gasteiger partial charge in [0, 0.05) is 0 Å². The van der Waals surface area contributed by atoms with Gasteiger partial charge in [0.25, 0.3) is 0 Å². The van der Waals surface area contributed by atoms with E-state index >= 15 is 0 Å². The van der Waals surface area contributed by atoms with E-state index in [1.165, 1.54) is 63.9 Å². The summed E-state index contributed by atoms with van der Waals surface area (Å²) >= 11 is 0. The van der Waals surface area contributed by atoms with Gasteiger partial charge < -0.3 is 0 Å². The first-order valence-electron chi connectivity index (χ1n) is 10.5. The van der Waals surface area contributed by atoms with E-state index < -0.39 is 7.26 Å². The molecule has 0 aliphatic rings. The van der Waals surface area contributed by atoms with Crippen LogP contribution in [0.25, 0.3) is 0 Å². The molecule has 0 aliphatic heterocycles. The van der Waals surface area contributed by atoms with E-state index in [1.807, 2.05) is 0 Å². The van der Waals surface area contributed by atoms with Gasteiger partial charge in [-0.3, -0.25) is 0 Å². The number of carbonyl (C=O) groups is 2. The molecule has 0 bridgehead atoms. The molecule has 0 aromatic heterocycles. The average Bonchev–Trinajstić information content (AvgIpc) is 2.64. The molecule has 0 spiro atoms. The maximum absolute atomic E-state index is 12.7. The van der Waals surface area contributed by atoms with Crippen LogP contribution in [0.15, 0.2) is 24.3 Å². The van der Waals surface area contributed by atoms with Crippen LogP contribution in [-0.2, 0) is 9.59 Å². The Morgan fingerprint density at radius 2 is 1.37 bits per heavy atom. The van der Waals surface area contributed by atoms with Crippen molar-refractivity contribution in [3.8, 4) is 5.75 Å². The fourth-order valence-electron chi connectivity index (χ4n) is 3.58. The Balaban J connectivity index is 2.78. The monoisotopic (exact) mass is 395 g/mol. The van der Waals surface area contributed by atoms with Crippen molar-refractivity contribution >= 4 is 24.8 Å². The van der Waals surface area contributed by atoms with E-state index in [0.717, 1.165) is 0 Å². The Morgan fingerprint density at radius 3 is 1.78 bits per heavy atom. The molecule has 0 atom stereocenters.